The van der Waals surface area contributed by atoms with E-state index in [2.05, 4.69) is 36.6 Å². The fraction of sp³-hybridized carbons (Fsp3) is 0.800. The third kappa shape index (κ3) is 6.63. The monoisotopic (exact) mass is 364 g/mol. The standard InChI is InChI=1S/C20H36N4O2/c1-4-18-17(19(5-2)26-24-18)15-23-20(21-6-3)22-13-14-25-16-11-9-7-8-10-12-16/h16H,4-15H2,1-3H3,(H2,21,22,23). The van der Waals surface area contributed by atoms with Crippen molar-refractivity contribution in [3.05, 3.63) is 17.0 Å². The second-order valence-corrected chi connectivity index (χ2v) is 6.84. The normalized spacial score (nSPS) is 16.5. The quantitative estimate of drug-likeness (QED) is 0.303. The van der Waals surface area contributed by atoms with Crippen LogP contribution >= 0.6 is 0 Å². The summed E-state index contributed by atoms with van der Waals surface area (Å²) in [5.74, 6) is 1.76. The molecule has 1 saturated carbocycles. The molecule has 0 spiro atoms. The SMILES string of the molecule is CCNC(=NCc1c(CC)noc1CC)NCCOC1CCCCCC1. The fourth-order valence-corrected chi connectivity index (χ4v) is 3.42. The summed E-state index contributed by atoms with van der Waals surface area (Å²) >= 11 is 0. The van der Waals surface area contributed by atoms with Crippen LogP contribution in [0.4, 0.5) is 0 Å². The van der Waals surface area contributed by atoms with Crippen molar-refractivity contribution in [3.63, 3.8) is 0 Å². The Hall–Kier alpha value is -1.56. The first-order valence-corrected chi connectivity index (χ1v) is 10.4. The molecule has 0 saturated heterocycles. The van der Waals surface area contributed by atoms with Crippen molar-refractivity contribution in [2.45, 2.75) is 84.8 Å². The van der Waals surface area contributed by atoms with Crippen LogP contribution in [0.2, 0.25) is 0 Å². The first-order chi connectivity index (χ1) is 12.8. The van der Waals surface area contributed by atoms with Crippen LogP contribution < -0.4 is 10.6 Å². The molecule has 1 aliphatic rings. The van der Waals surface area contributed by atoms with Gasteiger partial charge in [0.05, 0.1) is 24.9 Å². The van der Waals surface area contributed by atoms with E-state index in [4.69, 9.17) is 14.3 Å². The summed E-state index contributed by atoms with van der Waals surface area (Å²) in [5.41, 5.74) is 2.14. The molecule has 0 aromatic carbocycles. The molecule has 2 N–H and O–H groups in total. The summed E-state index contributed by atoms with van der Waals surface area (Å²) in [7, 11) is 0. The number of aromatic nitrogens is 1. The van der Waals surface area contributed by atoms with Gasteiger partial charge in [0.1, 0.15) is 5.76 Å². The van der Waals surface area contributed by atoms with Gasteiger partial charge < -0.3 is 19.9 Å². The molecule has 26 heavy (non-hydrogen) atoms. The van der Waals surface area contributed by atoms with Gasteiger partial charge in [-0.2, -0.15) is 0 Å². The molecule has 0 aliphatic heterocycles. The number of hydrogen-bond donors (Lipinski definition) is 2. The van der Waals surface area contributed by atoms with Crippen molar-refractivity contribution < 1.29 is 9.26 Å². The van der Waals surface area contributed by atoms with E-state index in [9.17, 15) is 0 Å². The molecule has 1 heterocycles. The van der Waals surface area contributed by atoms with E-state index < -0.39 is 0 Å². The van der Waals surface area contributed by atoms with Crippen LogP contribution in [-0.4, -0.2) is 36.9 Å². The van der Waals surface area contributed by atoms with Crippen molar-refractivity contribution in [1.82, 2.24) is 15.8 Å². The maximum atomic E-state index is 6.04. The molecule has 2 rings (SSSR count). The number of nitrogens with zero attached hydrogens (tertiary/aromatic N) is 2. The maximum Gasteiger partial charge on any atom is 0.191 e. The van der Waals surface area contributed by atoms with E-state index in [-0.39, 0.29) is 0 Å². The molecule has 6 nitrogen and oxygen atoms in total. The summed E-state index contributed by atoms with van der Waals surface area (Å²) in [6, 6.07) is 0. The zero-order valence-corrected chi connectivity index (χ0v) is 16.8. The predicted octanol–water partition coefficient (Wildman–Crippen LogP) is 3.59. The first kappa shape index (κ1) is 20.7. The lowest BCUT2D eigenvalue weighted by molar-refractivity contribution is 0.0468. The highest BCUT2D eigenvalue weighted by Crippen LogP contribution is 2.19. The van der Waals surface area contributed by atoms with Crippen LogP contribution in [0.25, 0.3) is 0 Å². The predicted molar refractivity (Wildman–Crippen MR) is 106 cm³/mol. The maximum absolute atomic E-state index is 6.04. The number of rotatable bonds is 9. The van der Waals surface area contributed by atoms with Crippen LogP contribution in [0, 0.1) is 0 Å². The van der Waals surface area contributed by atoms with Crippen molar-refractivity contribution in [1.29, 1.82) is 0 Å². The largest absolute Gasteiger partial charge is 0.376 e. The Morgan fingerprint density at radius 2 is 1.88 bits per heavy atom. The minimum atomic E-state index is 0.440. The van der Waals surface area contributed by atoms with Gasteiger partial charge in [0, 0.05) is 25.1 Å². The Morgan fingerprint density at radius 1 is 1.12 bits per heavy atom. The minimum absolute atomic E-state index is 0.440. The minimum Gasteiger partial charge on any atom is -0.376 e. The highest BCUT2D eigenvalue weighted by molar-refractivity contribution is 5.79. The lowest BCUT2D eigenvalue weighted by Gasteiger charge is -2.16. The molecule has 1 aromatic heterocycles. The van der Waals surface area contributed by atoms with Gasteiger partial charge in [-0.3, -0.25) is 0 Å². The highest BCUT2D eigenvalue weighted by atomic mass is 16.5. The molecule has 0 bridgehead atoms. The number of hydrogen-bond acceptors (Lipinski definition) is 4. The van der Waals surface area contributed by atoms with E-state index in [0.717, 1.165) is 55.5 Å². The van der Waals surface area contributed by atoms with Crippen LogP contribution in [0.5, 0.6) is 0 Å². The van der Waals surface area contributed by atoms with Crippen LogP contribution in [-0.2, 0) is 24.1 Å². The van der Waals surface area contributed by atoms with Gasteiger partial charge in [-0.15, -0.1) is 0 Å². The molecule has 148 valence electrons. The van der Waals surface area contributed by atoms with Crippen molar-refractivity contribution in [2.24, 2.45) is 4.99 Å². The Labute approximate surface area is 158 Å². The van der Waals surface area contributed by atoms with Crippen LogP contribution in [0.1, 0.15) is 76.3 Å². The molecule has 1 aliphatic carbocycles. The van der Waals surface area contributed by atoms with Gasteiger partial charge in [0.25, 0.3) is 0 Å². The summed E-state index contributed by atoms with van der Waals surface area (Å²) in [6.07, 6.45) is 9.90. The summed E-state index contributed by atoms with van der Waals surface area (Å²) < 4.78 is 11.5. The van der Waals surface area contributed by atoms with Gasteiger partial charge in [-0.25, -0.2) is 4.99 Å². The zero-order chi connectivity index (χ0) is 18.6. The molecular formula is C20H36N4O2. The van der Waals surface area contributed by atoms with Crippen LogP contribution in [0.3, 0.4) is 0 Å². The van der Waals surface area contributed by atoms with Crippen molar-refractivity contribution in [2.75, 3.05) is 19.7 Å². The second kappa shape index (κ2) is 11.9. The van der Waals surface area contributed by atoms with E-state index in [1.54, 1.807) is 0 Å². The molecule has 1 fully saturated rings. The number of aliphatic imine (C=N–C) groups is 1. The zero-order valence-electron chi connectivity index (χ0n) is 16.8. The van der Waals surface area contributed by atoms with Gasteiger partial charge in [-0.05, 0) is 26.2 Å². The first-order valence-electron chi connectivity index (χ1n) is 10.4. The molecule has 0 atom stereocenters. The molecule has 0 unspecified atom stereocenters. The smallest absolute Gasteiger partial charge is 0.191 e. The van der Waals surface area contributed by atoms with Crippen molar-refractivity contribution >= 4 is 5.96 Å². The molecule has 0 radical (unpaired) electrons. The Bertz CT molecular complexity index is 512. The number of ether oxygens (including phenoxy) is 1. The van der Waals surface area contributed by atoms with E-state index in [0.29, 0.717) is 12.6 Å². The highest BCUT2D eigenvalue weighted by Gasteiger charge is 2.14. The lowest BCUT2D eigenvalue weighted by atomic mass is 10.1. The van der Waals surface area contributed by atoms with Crippen LogP contribution in [0.15, 0.2) is 9.52 Å². The number of aryl methyl sites for hydroxylation is 2. The van der Waals surface area contributed by atoms with Gasteiger partial charge >= 0.3 is 0 Å². The third-order valence-electron chi connectivity index (χ3n) is 4.90. The lowest BCUT2D eigenvalue weighted by Crippen LogP contribution is -2.39. The number of nitrogens with one attached hydrogen (secondary N) is 2. The average Bonchev–Trinajstić information content (AvgIpc) is 2.87. The van der Waals surface area contributed by atoms with Gasteiger partial charge in [-0.1, -0.05) is 44.7 Å². The second-order valence-electron chi connectivity index (χ2n) is 6.84. The summed E-state index contributed by atoms with van der Waals surface area (Å²) in [5, 5.41) is 10.8. The van der Waals surface area contributed by atoms with E-state index in [1.807, 2.05) is 0 Å². The summed E-state index contributed by atoms with van der Waals surface area (Å²) in [6.45, 7) is 9.18. The van der Waals surface area contributed by atoms with E-state index >= 15 is 0 Å². The molecule has 0 amide bonds. The fourth-order valence-electron chi connectivity index (χ4n) is 3.42. The topological polar surface area (TPSA) is 71.7 Å². The van der Waals surface area contributed by atoms with E-state index in [1.165, 1.54) is 38.5 Å². The number of guanidine groups is 1. The average molecular weight is 365 g/mol. The Kier molecular flexibility index (Phi) is 9.53. The third-order valence-corrected chi connectivity index (χ3v) is 4.90. The molecule has 1 aromatic rings. The Balaban J connectivity index is 1.81. The summed E-state index contributed by atoms with van der Waals surface area (Å²) in [4.78, 5) is 4.71. The molecule has 6 heteroatoms. The van der Waals surface area contributed by atoms with Gasteiger partial charge in [0.15, 0.2) is 5.96 Å². The molecular weight excluding hydrogens is 328 g/mol. The van der Waals surface area contributed by atoms with Gasteiger partial charge in [0.2, 0.25) is 0 Å². The Morgan fingerprint density at radius 3 is 2.54 bits per heavy atom. The van der Waals surface area contributed by atoms with Crippen molar-refractivity contribution in [3.8, 4) is 0 Å².